The highest BCUT2D eigenvalue weighted by molar-refractivity contribution is 6.11. The van der Waals surface area contributed by atoms with Crippen molar-refractivity contribution in [2.75, 3.05) is 57.6 Å². The predicted molar refractivity (Wildman–Crippen MR) is 207 cm³/mol. The number of hydrogen-bond donors (Lipinski definition) is 2. The van der Waals surface area contributed by atoms with Gasteiger partial charge >= 0.3 is 0 Å². The van der Waals surface area contributed by atoms with Crippen molar-refractivity contribution in [2.24, 2.45) is 0 Å². The summed E-state index contributed by atoms with van der Waals surface area (Å²) in [5, 5.41) is 2.96. The fourth-order valence-electron chi connectivity index (χ4n) is 6.26. The van der Waals surface area contributed by atoms with E-state index in [9.17, 15) is 14.4 Å². The summed E-state index contributed by atoms with van der Waals surface area (Å²) in [6.45, 7) is 9.20. The van der Waals surface area contributed by atoms with Gasteiger partial charge in [-0.25, -0.2) is 4.98 Å². The molecule has 0 saturated carbocycles. The minimum Gasteiger partial charge on any atom is -0.496 e. The number of piperazine rings is 1. The molecule has 0 spiro atoms. The number of aldehydes is 1. The normalized spacial score (nSPS) is 14.5. The molecule has 0 aliphatic carbocycles. The van der Waals surface area contributed by atoms with Crippen molar-refractivity contribution < 1.29 is 23.9 Å². The fourth-order valence-corrected chi connectivity index (χ4v) is 6.26. The molecule has 2 amide bonds. The number of methoxy groups -OCH3 is 1. The third-order valence-electron chi connectivity index (χ3n) is 9.17. The third-order valence-corrected chi connectivity index (χ3v) is 9.17. The van der Waals surface area contributed by atoms with Crippen LogP contribution in [0, 0.1) is 6.92 Å². The lowest BCUT2D eigenvalue weighted by atomic mass is 10.0. The Labute approximate surface area is 312 Å². The first-order valence-corrected chi connectivity index (χ1v) is 17.1. The third kappa shape index (κ3) is 9.20. The number of aryl methyl sites for hydroxylation is 2. The van der Waals surface area contributed by atoms with Gasteiger partial charge in [0.2, 0.25) is 5.72 Å². The van der Waals surface area contributed by atoms with E-state index >= 15 is 0 Å². The Kier molecular flexibility index (Phi) is 14.9. The maximum Gasteiger partial charge on any atom is 0.259 e. The molecule has 1 aliphatic heterocycles. The van der Waals surface area contributed by atoms with Crippen molar-refractivity contribution in [3.8, 4) is 11.5 Å². The van der Waals surface area contributed by atoms with E-state index in [2.05, 4.69) is 46.0 Å². The lowest BCUT2D eigenvalue weighted by Gasteiger charge is -2.44. The number of benzene rings is 3. The first-order chi connectivity index (χ1) is 23.6. The number of rotatable bonds is 14. The largest absolute Gasteiger partial charge is 0.496 e. The Bertz CT molecular complexity index is 1810. The maximum atomic E-state index is 14.0. The number of H-pyrrole nitrogens is 1. The molecule has 1 fully saturated rings. The number of imidazole rings is 1. The van der Waals surface area contributed by atoms with Gasteiger partial charge in [0.15, 0.2) is 6.29 Å². The minimum absolute atomic E-state index is 0. The molecule has 276 valence electrons. The fraction of sp³-hybridized carbons (Fsp3) is 0.421. The van der Waals surface area contributed by atoms with E-state index in [1.54, 1.807) is 25.2 Å². The minimum atomic E-state index is -1.15. The van der Waals surface area contributed by atoms with Crippen molar-refractivity contribution in [3.63, 3.8) is 0 Å². The highest BCUT2D eigenvalue weighted by atomic mass is 35.5. The Hall–Kier alpha value is -4.16. The van der Waals surface area contributed by atoms with Crippen LogP contribution in [-0.4, -0.2) is 91.0 Å². The average Bonchev–Trinajstić information content (AvgIpc) is 3.53. The van der Waals surface area contributed by atoms with Crippen LogP contribution >= 0.6 is 24.8 Å². The summed E-state index contributed by atoms with van der Waals surface area (Å²) in [4.78, 5) is 54.2. The molecule has 1 atom stereocenters. The topological polar surface area (TPSA) is 120 Å². The van der Waals surface area contributed by atoms with Crippen LogP contribution in [0.1, 0.15) is 71.6 Å². The van der Waals surface area contributed by atoms with E-state index in [-0.39, 0.29) is 47.9 Å². The summed E-state index contributed by atoms with van der Waals surface area (Å²) in [5.41, 5.74) is 3.03. The summed E-state index contributed by atoms with van der Waals surface area (Å²) >= 11 is 0. The van der Waals surface area contributed by atoms with Crippen molar-refractivity contribution in [1.82, 2.24) is 19.8 Å². The number of hydrogen-bond acceptors (Lipinski definition) is 8. The molecule has 51 heavy (non-hydrogen) atoms. The van der Waals surface area contributed by atoms with Gasteiger partial charge in [-0.3, -0.25) is 19.3 Å². The van der Waals surface area contributed by atoms with Crippen LogP contribution in [0.25, 0.3) is 11.0 Å². The quantitative estimate of drug-likeness (QED) is 0.134. The summed E-state index contributed by atoms with van der Waals surface area (Å²) in [6.07, 6.45) is 4.96. The number of amides is 2. The Morgan fingerprint density at radius 3 is 2.43 bits per heavy atom. The molecule has 1 aromatic heterocycles. The predicted octanol–water partition coefficient (Wildman–Crippen LogP) is 6.92. The number of aromatic amines is 1. The van der Waals surface area contributed by atoms with E-state index in [1.807, 2.05) is 43.3 Å². The van der Waals surface area contributed by atoms with Gasteiger partial charge in [-0.05, 0) is 74.8 Å². The van der Waals surface area contributed by atoms with E-state index in [0.717, 1.165) is 62.0 Å². The number of carbonyl (C=O) groups excluding carboxylic acids is 3. The van der Waals surface area contributed by atoms with Crippen LogP contribution in [0.2, 0.25) is 0 Å². The van der Waals surface area contributed by atoms with Gasteiger partial charge in [0, 0.05) is 51.6 Å². The van der Waals surface area contributed by atoms with Gasteiger partial charge < -0.3 is 29.6 Å². The molecular weight excluding hydrogens is 691 g/mol. The van der Waals surface area contributed by atoms with Crippen LogP contribution in [0.15, 0.2) is 54.6 Å². The number of para-hydroxylation sites is 1. The molecule has 1 aliphatic rings. The number of unbranched alkanes of at least 4 members (excludes halogenated alkanes) is 1. The number of fused-ring (bicyclic) bond motifs is 1. The summed E-state index contributed by atoms with van der Waals surface area (Å²) < 4.78 is 12.3. The smallest absolute Gasteiger partial charge is 0.259 e. The highest BCUT2D eigenvalue weighted by Gasteiger charge is 2.41. The molecular formula is C38H50Cl2N6O5. The van der Waals surface area contributed by atoms with Crippen molar-refractivity contribution in [3.05, 3.63) is 77.1 Å². The van der Waals surface area contributed by atoms with Gasteiger partial charge in [-0.1, -0.05) is 32.4 Å². The number of ether oxygens (including phenoxy) is 2. The molecule has 11 nitrogen and oxygen atoms in total. The highest BCUT2D eigenvalue weighted by Crippen LogP contribution is 2.36. The molecule has 1 unspecified atom stereocenters. The molecule has 0 bridgehead atoms. The number of halogens is 2. The number of anilines is 2. The molecule has 5 rings (SSSR count). The molecule has 13 heteroatoms. The second-order valence-corrected chi connectivity index (χ2v) is 12.8. The molecule has 2 heterocycles. The van der Waals surface area contributed by atoms with E-state index in [0.29, 0.717) is 47.7 Å². The lowest BCUT2D eigenvalue weighted by molar-refractivity contribution is -0.146. The van der Waals surface area contributed by atoms with Crippen LogP contribution in [0.5, 0.6) is 11.5 Å². The maximum absolute atomic E-state index is 14.0. The monoisotopic (exact) mass is 740 g/mol. The Morgan fingerprint density at radius 1 is 1.02 bits per heavy atom. The summed E-state index contributed by atoms with van der Waals surface area (Å²) in [7, 11) is 5.22. The zero-order valence-corrected chi connectivity index (χ0v) is 31.9. The average molecular weight is 742 g/mol. The van der Waals surface area contributed by atoms with Crippen LogP contribution in [-0.2, 0) is 11.2 Å². The van der Waals surface area contributed by atoms with E-state index < -0.39 is 5.72 Å². The van der Waals surface area contributed by atoms with Gasteiger partial charge in [0.1, 0.15) is 22.8 Å². The Balaban J connectivity index is 0.00000351. The van der Waals surface area contributed by atoms with Crippen molar-refractivity contribution in [1.29, 1.82) is 0 Å². The SMILES string of the molecule is CCCCC(C=O)(Oc1cc(C)ccc1N(C)C(=O)c1ccc(C(=O)Nc2cccc3[nH]c(CCC)nc23)c(OC)c1)N1CCN(C)CC1.Cl.Cl. The summed E-state index contributed by atoms with van der Waals surface area (Å²) in [6, 6.07) is 16.0. The molecule has 4 aromatic rings. The van der Waals surface area contributed by atoms with Crippen LogP contribution < -0.4 is 19.7 Å². The first kappa shape index (κ1) is 41.3. The number of likely N-dealkylation sites (N-methyl/N-ethyl adjacent to an activating group) is 1. The first-order valence-electron chi connectivity index (χ1n) is 17.1. The van der Waals surface area contributed by atoms with Gasteiger partial charge in [0.05, 0.1) is 29.6 Å². The summed E-state index contributed by atoms with van der Waals surface area (Å²) in [5.74, 6) is 0.868. The van der Waals surface area contributed by atoms with E-state index in [1.165, 1.54) is 12.0 Å². The zero-order valence-electron chi connectivity index (χ0n) is 30.3. The van der Waals surface area contributed by atoms with E-state index in [4.69, 9.17) is 9.47 Å². The van der Waals surface area contributed by atoms with Gasteiger partial charge in [-0.2, -0.15) is 0 Å². The van der Waals surface area contributed by atoms with Crippen molar-refractivity contribution in [2.45, 2.75) is 58.6 Å². The van der Waals surface area contributed by atoms with Gasteiger partial charge in [0.25, 0.3) is 11.8 Å². The number of nitrogens with zero attached hydrogens (tertiary/aromatic N) is 4. The molecule has 3 aromatic carbocycles. The standard InChI is InChI=1S/C38H48N6O5.2ClH/c1-7-9-18-38(25-45,44-21-19-42(4)20-22-44)49-33-23-26(3)14-17-31(33)43(5)37(47)27-15-16-28(32(24-27)48-6)36(46)40-30-13-10-12-29-35(30)41-34(39-29)11-8-2;;/h10,12-17,23-25H,7-9,11,18-22H2,1-6H3,(H,39,41)(H,40,46);2*1H. The Morgan fingerprint density at radius 2 is 1.76 bits per heavy atom. The molecule has 2 N–H and O–H groups in total. The number of carbonyl (C=O) groups is 3. The molecule has 0 radical (unpaired) electrons. The van der Waals surface area contributed by atoms with Crippen molar-refractivity contribution >= 4 is 65.3 Å². The lowest BCUT2D eigenvalue weighted by Crippen LogP contribution is -2.60. The van der Waals surface area contributed by atoms with Crippen LogP contribution in [0.4, 0.5) is 11.4 Å². The number of nitrogens with one attached hydrogen (secondary N) is 2. The van der Waals surface area contributed by atoms with Gasteiger partial charge in [-0.15, -0.1) is 24.8 Å². The zero-order chi connectivity index (χ0) is 35.1. The number of aromatic nitrogens is 2. The second-order valence-electron chi connectivity index (χ2n) is 12.8. The molecule has 1 saturated heterocycles. The van der Waals surface area contributed by atoms with Crippen LogP contribution in [0.3, 0.4) is 0 Å². The second kappa shape index (κ2) is 18.4.